The Kier molecular flexibility index (Phi) is 9.48. The zero-order chi connectivity index (χ0) is 16.9. The Morgan fingerprint density at radius 1 is 1.43 bits per heavy atom. The third kappa shape index (κ3) is 7.66. The summed E-state index contributed by atoms with van der Waals surface area (Å²) in [7, 11) is 0. The molecule has 7 heteroatoms. The van der Waals surface area contributed by atoms with Gasteiger partial charge in [0.25, 0.3) is 5.91 Å². The van der Waals surface area contributed by atoms with Crippen molar-refractivity contribution >= 4 is 11.8 Å². The standard InChI is InChI=1S/C16H26N4O3/c1-2-23-11-5-8-19-16(22)14(12-17)13-18-7-4-10-20-9-3-6-15(20)21/h13,18H,2-11H2,1H3,(H,19,22)/b14-13-. The first-order valence-electron chi connectivity index (χ1n) is 8.16. The molecule has 1 rings (SSSR count). The van der Waals surface area contributed by atoms with Gasteiger partial charge in [0, 0.05) is 52.0 Å². The number of nitrogens with one attached hydrogen (secondary N) is 2. The molecule has 0 aromatic carbocycles. The fourth-order valence-electron chi connectivity index (χ4n) is 2.25. The van der Waals surface area contributed by atoms with Gasteiger partial charge in [-0.05, 0) is 26.2 Å². The Morgan fingerprint density at radius 3 is 2.91 bits per heavy atom. The van der Waals surface area contributed by atoms with Crippen LogP contribution in [0.15, 0.2) is 11.8 Å². The van der Waals surface area contributed by atoms with Crippen LogP contribution in [0.5, 0.6) is 0 Å². The number of nitriles is 1. The molecule has 0 aliphatic carbocycles. The van der Waals surface area contributed by atoms with Crippen molar-refractivity contribution in [2.24, 2.45) is 0 Å². The van der Waals surface area contributed by atoms with E-state index in [0.717, 1.165) is 25.8 Å². The van der Waals surface area contributed by atoms with Gasteiger partial charge in [-0.3, -0.25) is 9.59 Å². The molecule has 2 N–H and O–H groups in total. The molecule has 0 aromatic rings. The van der Waals surface area contributed by atoms with Gasteiger partial charge in [0.15, 0.2) is 0 Å². The number of hydrogen-bond donors (Lipinski definition) is 2. The van der Waals surface area contributed by atoms with Crippen molar-refractivity contribution in [3.05, 3.63) is 11.8 Å². The number of carbonyl (C=O) groups is 2. The van der Waals surface area contributed by atoms with Gasteiger partial charge in [-0.15, -0.1) is 0 Å². The molecule has 1 aliphatic rings. The van der Waals surface area contributed by atoms with Gasteiger partial charge in [-0.2, -0.15) is 5.26 Å². The van der Waals surface area contributed by atoms with Crippen LogP contribution in [0.2, 0.25) is 0 Å². The van der Waals surface area contributed by atoms with Crippen molar-refractivity contribution in [2.45, 2.75) is 32.6 Å². The van der Waals surface area contributed by atoms with Crippen molar-refractivity contribution in [3.63, 3.8) is 0 Å². The Morgan fingerprint density at radius 2 is 2.26 bits per heavy atom. The predicted molar refractivity (Wildman–Crippen MR) is 86.2 cm³/mol. The van der Waals surface area contributed by atoms with E-state index in [-0.39, 0.29) is 17.4 Å². The Hall–Kier alpha value is -2.07. The number of hydrogen-bond acceptors (Lipinski definition) is 5. The summed E-state index contributed by atoms with van der Waals surface area (Å²) in [5.74, 6) is -0.170. The summed E-state index contributed by atoms with van der Waals surface area (Å²) in [5, 5.41) is 14.6. The Labute approximate surface area is 137 Å². The monoisotopic (exact) mass is 322 g/mol. The number of carbonyl (C=O) groups excluding carboxylic acids is 2. The van der Waals surface area contributed by atoms with E-state index in [1.54, 1.807) is 0 Å². The van der Waals surface area contributed by atoms with E-state index in [1.807, 2.05) is 17.9 Å². The molecule has 2 amide bonds. The van der Waals surface area contributed by atoms with Gasteiger partial charge >= 0.3 is 0 Å². The van der Waals surface area contributed by atoms with E-state index in [9.17, 15) is 9.59 Å². The van der Waals surface area contributed by atoms with Crippen LogP contribution in [0.1, 0.15) is 32.6 Å². The van der Waals surface area contributed by atoms with Gasteiger partial charge in [-0.25, -0.2) is 0 Å². The minimum atomic E-state index is -0.383. The molecule has 0 saturated carbocycles. The van der Waals surface area contributed by atoms with Crippen molar-refractivity contribution < 1.29 is 14.3 Å². The maximum atomic E-state index is 11.8. The lowest BCUT2D eigenvalue weighted by Gasteiger charge is -2.14. The van der Waals surface area contributed by atoms with Gasteiger partial charge < -0.3 is 20.3 Å². The summed E-state index contributed by atoms with van der Waals surface area (Å²) < 4.78 is 5.17. The van der Waals surface area contributed by atoms with Crippen LogP contribution in [-0.2, 0) is 14.3 Å². The van der Waals surface area contributed by atoms with E-state index in [2.05, 4.69) is 10.6 Å². The minimum absolute atomic E-state index is 0.0543. The molecule has 0 unspecified atom stereocenters. The molecule has 7 nitrogen and oxygen atoms in total. The summed E-state index contributed by atoms with van der Waals surface area (Å²) in [6, 6.07) is 1.88. The normalized spacial score (nSPS) is 14.7. The Bertz CT molecular complexity index is 457. The number of amides is 2. The lowest BCUT2D eigenvalue weighted by Crippen LogP contribution is -2.29. The van der Waals surface area contributed by atoms with Crippen LogP contribution >= 0.6 is 0 Å². The minimum Gasteiger partial charge on any atom is -0.390 e. The maximum absolute atomic E-state index is 11.8. The maximum Gasteiger partial charge on any atom is 0.263 e. The summed E-state index contributed by atoms with van der Waals surface area (Å²) >= 11 is 0. The van der Waals surface area contributed by atoms with E-state index < -0.39 is 0 Å². The lowest BCUT2D eigenvalue weighted by atomic mass is 10.3. The van der Waals surface area contributed by atoms with Crippen LogP contribution in [-0.4, -0.2) is 56.1 Å². The van der Waals surface area contributed by atoms with E-state index in [1.165, 1.54) is 6.20 Å². The van der Waals surface area contributed by atoms with Crippen molar-refractivity contribution in [3.8, 4) is 6.07 Å². The highest BCUT2D eigenvalue weighted by molar-refractivity contribution is 5.97. The quantitative estimate of drug-likeness (QED) is 0.329. The van der Waals surface area contributed by atoms with Crippen molar-refractivity contribution in [2.75, 3.05) is 39.4 Å². The smallest absolute Gasteiger partial charge is 0.263 e. The first-order chi connectivity index (χ1) is 11.2. The molecule has 23 heavy (non-hydrogen) atoms. The second-order valence-electron chi connectivity index (χ2n) is 5.27. The average Bonchev–Trinajstić information content (AvgIpc) is 2.95. The van der Waals surface area contributed by atoms with Crippen molar-refractivity contribution in [1.82, 2.24) is 15.5 Å². The second-order valence-corrected chi connectivity index (χ2v) is 5.27. The van der Waals surface area contributed by atoms with Crippen LogP contribution in [0.4, 0.5) is 0 Å². The molecule has 0 aromatic heterocycles. The Balaban J connectivity index is 2.17. The molecular weight excluding hydrogens is 296 g/mol. The molecular formula is C16H26N4O3. The molecule has 1 saturated heterocycles. The summed E-state index contributed by atoms with van der Waals surface area (Å²) in [6.45, 7) is 5.81. The van der Waals surface area contributed by atoms with Crippen LogP contribution in [0, 0.1) is 11.3 Å². The highest BCUT2D eigenvalue weighted by Crippen LogP contribution is 2.09. The topological polar surface area (TPSA) is 94.5 Å². The largest absolute Gasteiger partial charge is 0.390 e. The lowest BCUT2D eigenvalue weighted by molar-refractivity contribution is -0.127. The van der Waals surface area contributed by atoms with Crippen LogP contribution < -0.4 is 10.6 Å². The second kappa shape index (κ2) is 11.5. The number of likely N-dealkylation sites (tertiary alicyclic amines) is 1. The number of ether oxygens (including phenoxy) is 1. The number of rotatable bonds is 11. The highest BCUT2D eigenvalue weighted by Gasteiger charge is 2.18. The zero-order valence-corrected chi connectivity index (χ0v) is 13.8. The summed E-state index contributed by atoms with van der Waals surface area (Å²) in [6.07, 6.45) is 4.53. The van der Waals surface area contributed by atoms with Gasteiger partial charge in [-0.1, -0.05) is 0 Å². The fourth-order valence-corrected chi connectivity index (χ4v) is 2.25. The first-order valence-corrected chi connectivity index (χ1v) is 8.16. The summed E-state index contributed by atoms with van der Waals surface area (Å²) in [5.41, 5.74) is 0.0543. The van der Waals surface area contributed by atoms with E-state index in [0.29, 0.717) is 39.3 Å². The molecule has 1 aliphatic heterocycles. The predicted octanol–water partition coefficient (Wildman–Crippen LogP) is 0.539. The third-order valence-electron chi connectivity index (χ3n) is 3.49. The van der Waals surface area contributed by atoms with E-state index >= 15 is 0 Å². The molecule has 1 heterocycles. The molecule has 128 valence electrons. The average molecular weight is 322 g/mol. The first kappa shape index (κ1) is 19.0. The molecule has 0 radical (unpaired) electrons. The molecule has 0 atom stereocenters. The molecule has 1 fully saturated rings. The van der Waals surface area contributed by atoms with Crippen LogP contribution in [0.25, 0.3) is 0 Å². The zero-order valence-electron chi connectivity index (χ0n) is 13.8. The van der Waals surface area contributed by atoms with Crippen LogP contribution in [0.3, 0.4) is 0 Å². The van der Waals surface area contributed by atoms with Crippen molar-refractivity contribution in [1.29, 1.82) is 5.26 Å². The highest BCUT2D eigenvalue weighted by atomic mass is 16.5. The molecule has 0 spiro atoms. The molecule has 0 bridgehead atoms. The summed E-state index contributed by atoms with van der Waals surface area (Å²) in [4.78, 5) is 25.1. The fraction of sp³-hybridized carbons (Fsp3) is 0.688. The SMILES string of the molecule is CCOCCCNC(=O)/C(C#N)=C\NCCCN1CCCC1=O. The van der Waals surface area contributed by atoms with Gasteiger partial charge in [0.2, 0.25) is 5.91 Å². The van der Waals surface area contributed by atoms with Gasteiger partial charge in [0.05, 0.1) is 0 Å². The number of nitrogens with zero attached hydrogens (tertiary/aromatic N) is 2. The van der Waals surface area contributed by atoms with Gasteiger partial charge in [0.1, 0.15) is 11.6 Å². The third-order valence-corrected chi connectivity index (χ3v) is 3.49. The van der Waals surface area contributed by atoms with E-state index in [4.69, 9.17) is 10.00 Å².